The zero-order chi connectivity index (χ0) is 11.8. The van der Waals surface area contributed by atoms with Gasteiger partial charge in [-0.05, 0) is 19.1 Å². The van der Waals surface area contributed by atoms with E-state index in [0.29, 0.717) is 0 Å². The summed E-state index contributed by atoms with van der Waals surface area (Å²) in [5.74, 6) is -1.36. The van der Waals surface area contributed by atoms with E-state index in [4.69, 9.17) is 11.6 Å². The van der Waals surface area contributed by atoms with E-state index in [9.17, 15) is 17.6 Å². The molecule has 3 nitrogen and oxygen atoms in total. The second kappa shape index (κ2) is 3.90. The lowest BCUT2D eigenvalue weighted by Gasteiger charge is -2.05. The van der Waals surface area contributed by atoms with Gasteiger partial charge in [0.1, 0.15) is 10.7 Å². The average Bonchev–Trinajstić information content (AvgIpc) is 2.00. The van der Waals surface area contributed by atoms with Crippen LogP contribution in [0.1, 0.15) is 17.3 Å². The summed E-state index contributed by atoms with van der Waals surface area (Å²) in [7, 11) is -3.69. The molecule has 0 aliphatic heterocycles. The third kappa shape index (κ3) is 2.54. The molecule has 0 saturated carbocycles. The molecule has 0 N–H and O–H groups in total. The number of Topliss-reactive ketones (excluding diaryl/α,β-unsaturated/α-hetero) is 1. The molecule has 0 aromatic heterocycles. The first-order chi connectivity index (χ1) is 6.73. The van der Waals surface area contributed by atoms with Crippen molar-refractivity contribution in [3.05, 3.63) is 28.5 Å². The van der Waals surface area contributed by atoms with E-state index in [1.165, 1.54) is 6.92 Å². The molecule has 0 fully saturated rings. The number of sulfone groups is 1. The Bertz CT molecular complexity index is 522. The van der Waals surface area contributed by atoms with E-state index in [0.717, 1.165) is 18.4 Å². The normalized spacial score (nSPS) is 11.5. The summed E-state index contributed by atoms with van der Waals surface area (Å²) < 4.78 is 35.5. The van der Waals surface area contributed by atoms with Crippen molar-refractivity contribution in [2.45, 2.75) is 11.8 Å². The molecule has 0 amide bonds. The molecule has 82 valence electrons. The zero-order valence-electron chi connectivity index (χ0n) is 8.04. The van der Waals surface area contributed by atoms with Crippen LogP contribution in [0, 0.1) is 5.82 Å². The maximum absolute atomic E-state index is 13.2. The van der Waals surface area contributed by atoms with Crippen LogP contribution in [-0.4, -0.2) is 20.5 Å². The van der Waals surface area contributed by atoms with Crippen molar-refractivity contribution in [1.29, 1.82) is 0 Å². The smallest absolute Gasteiger partial charge is 0.178 e. The SMILES string of the molecule is CC(=O)c1cc(S(C)(=O)=O)c(F)cc1Cl. The standard InChI is InChI=1S/C9H8ClFO3S/c1-5(12)6-3-9(15(2,13)14)8(11)4-7(6)10/h3-4H,1-2H3. The highest BCUT2D eigenvalue weighted by atomic mass is 35.5. The van der Waals surface area contributed by atoms with Gasteiger partial charge >= 0.3 is 0 Å². The molecular formula is C9H8ClFO3S. The fourth-order valence-electron chi connectivity index (χ4n) is 1.08. The van der Waals surface area contributed by atoms with Gasteiger partial charge in [0.2, 0.25) is 0 Å². The second-order valence-electron chi connectivity index (χ2n) is 3.09. The minimum absolute atomic E-state index is 0.00140. The molecule has 15 heavy (non-hydrogen) atoms. The van der Waals surface area contributed by atoms with Crippen molar-refractivity contribution in [2.24, 2.45) is 0 Å². The predicted octanol–water partition coefficient (Wildman–Crippen LogP) is 2.09. The molecule has 0 radical (unpaired) electrons. The Morgan fingerprint density at radius 3 is 2.33 bits per heavy atom. The number of halogens is 2. The largest absolute Gasteiger partial charge is 0.294 e. The molecule has 0 aliphatic rings. The number of benzene rings is 1. The van der Waals surface area contributed by atoms with Crippen LogP contribution in [0.15, 0.2) is 17.0 Å². The lowest BCUT2D eigenvalue weighted by Crippen LogP contribution is -2.04. The summed E-state index contributed by atoms with van der Waals surface area (Å²) in [6, 6.07) is 1.78. The van der Waals surface area contributed by atoms with Crippen molar-refractivity contribution in [3.63, 3.8) is 0 Å². The zero-order valence-corrected chi connectivity index (χ0v) is 9.62. The van der Waals surface area contributed by atoms with Crippen LogP contribution in [0.3, 0.4) is 0 Å². The molecule has 0 atom stereocenters. The van der Waals surface area contributed by atoms with Crippen molar-refractivity contribution in [2.75, 3.05) is 6.26 Å². The van der Waals surface area contributed by atoms with Crippen molar-refractivity contribution in [1.82, 2.24) is 0 Å². The lowest BCUT2D eigenvalue weighted by atomic mass is 10.1. The van der Waals surface area contributed by atoms with Crippen LogP contribution in [0.25, 0.3) is 0 Å². The minimum Gasteiger partial charge on any atom is -0.294 e. The highest BCUT2D eigenvalue weighted by Gasteiger charge is 2.18. The summed E-state index contributed by atoms with van der Waals surface area (Å²) in [5.41, 5.74) is -0.00140. The van der Waals surface area contributed by atoms with E-state index in [2.05, 4.69) is 0 Å². The summed E-state index contributed by atoms with van der Waals surface area (Å²) in [5, 5.41) is -0.0904. The Morgan fingerprint density at radius 2 is 1.93 bits per heavy atom. The topological polar surface area (TPSA) is 51.2 Å². The first kappa shape index (κ1) is 12.1. The Morgan fingerprint density at radius 1 is 1.40 bits per heavy atom. The highest BCUT2D eigenvalue weighted by molar-refractivity contribution is 7.90. The molecule has 6 heteroatoms. The molecule has 0 bridgehead atoms. The summed E-state index contributed by atoms with van der Waals surface area (Å²) >= 11 is 5.59. The van der Waals surface area contributed by atoms with Gasteiger partial charge in [0.05, 0.1) is 5.02 Å². The third-order valence-electron chi connectivity index (χ3n) is 1.80. The average molecular weight is 251 g/mol. The number of carbonyl (C=O) groups excluding carboxylic acids is 1. The second-order valence-corrected chi connectivity index (χ2v) is 5.48. The van der Waals surface area contributed by atoms with E-state index in [-0.39, 0.29) is 10.6 Å². The monoisotopic (exact) mass is 250 g/mol. The molecular weight excluding hydrogens is 243 g/mol. The Labute approximate surface area is 91.8 Å². The quantitative estimate of drug-likeness (QED) is 0.755. The van der Waals surface area contributed by atoms with Gasteiger partial charge in [-0.25, -0.2) is 12.8 Å². The molecule has 1 aromatic rings. The van der Waals surface area contributed by atoms with E-state index >= 15 is 0 Å². The van der Waals surface area contributed by atoms with Gasteiger partial charge in [0.15, 0.2) is 15.6 Å². The first-order valence-electron chi connectivity index (χ1n) is 3.93. The van der Waals surface area contributed by atoms with Gasteiger partial charge in [0, 0.05) is 11.8 Å². The van der Waals surface area contributed by atoms with Crippen LogP contribution in [0.4, 0.5) is 4.39 Å². The molecule has 1 aromatic carbocycles. The van der Waals surface area contributed by atoms with Crippen molar-refractivity contribution in [3.8, 4) is 0 Å². The van der Waals surface area contributed by atoms with Crippen molar-refractivity contribution >= 4 is 27.2 Å². The number of hydrogen-bond donors (Lipinski definition) is 0. The Balaban J connectivity index is 3.58. The van der Waals surface area contributed by atoms with Crippen LogP contribution in [-0.2, 0) is 9.84 Å². The highest BCUT2D eigenvalue weighted by Crippen LogP contribution is 2.24. The van der Waals surface area contributed by atoms with Gasteiger partial charge < -0.3 is 0 Å². The molecule has 0 spiro atoms. The molecule has 0 unspecified atom stereocenters. The van der Waals surface area contributed by atoms with Crippen LogP contribution < -0.4 is 0 Å². The van der Waals surface area contributed by atoms with Gasteiger partial charge in [-0.15, -0.1) is 0 Å². The molecule has 0 saturated heterocycles. The van der Waals surface area contributed by atoms with Gasteiger partial charge in [-0.3, -0.25) is 4.79 Å². The third-order valence-corrected chi connectivity index (χ3v) is 3.22. The Kier molecular flexibility index (Phi) is 3.16. The minimum atomic E-state index is -3.69. The van der Waals surface area contributed by atoms with Crippen LogP contribution in [0.2, 0.25) is 5.02 Å². The fourth-order valence-corrected chi connectivity index (χ4v) is 2.11. The lowest BCUT2D eigenvalue weighted by molar-refractivity contribution is 0.101. The van der Waals surface area contributed by atoms with Crippen molar-refractivity contribution < 1.29 is 17.6 Å². The maximum Gasteiger partial charge on any atom is 0.178 e. The number of ketones is 1. The summed E-state index contributed by atoms with van der Waals surface area (Å²) in [6.07, 6.45) is 0.864. The van der Waals surface area contributed by atoms with E-state index < -0.39 is 26.3 Å². The summed E-state index contributed by atoms with van der Waals surface area (Å²) in [4.78, 5) is 10.5. The van der Waals surface area contributed by atoms with Crippen LogP contribution in [0.5, 0.6) is 0 Å². The molecule has 0 heterocycles. The van der Waals surface area contributed by atoms with Crippen LogP contribution >= 0.6 is 11.6 Å². The van der Waals surface area contributed by atoms with E-state index in [1.54, 1.807) is 0 Å². The van der Waals surface area contributed by atoms with Gasteiger partial charge in [0.25, 0.3) is 0 Å². The molecule has 0 aliphatic carbocycles. The Hall–Kier alpha value is -0.940. The first-order valence-corrected chi connectivity index (χ1v) is 6.20. The fraction of sp³-hybridized carbons (Fsp3) is 0.222. The molecule has 1 rings (SSSR count). The van der Waals surface area contributed by atoms with E-state index in [1.807, 2.05) is 0 Å². The van der Waals surface area contributed by atoms with Gasteiger partial charge in [-0.2, -0.15) is 0 Å². The predicted molar refractivity (Wildman–Crippen MR) is 54.5 cm³/mol. The number of carbonyl (C=O) groups is 1. The number of rotatable bonds is 2. The van der Waals surface area contributed by atoms with Gasteiger partial charge in [-0.1, -0.05) is 11.6 Å². The maximum atomic E-state index is 13.2. The summed E-state index contributed by atoms with van der Waals surface area (Å²) in [6.45, 7) is 1.23. The number of hydrogen-bond acceptors (Lipinski definition) is 3.